The van der Waals surface area contributed by atoms with Crippen LogP contribution < -0.4 is 0 Å². The van der Waals surface area contributed by atoms with E-state index < -0.39 is 17.7 Å². The summed E-state index contributed by atoms with van der Waals surface area (Å²) in [6.45, 7) is 6.31. The van der Waals surface area contributed by atoms with Crippen LogP contribution in [0.15, 0.2) is 0 Å². The Morgan fingerprint density at radius 2 is 2.00 bits per heavy atom. The summed E-state index contributed by atoms with van der Waals surface area (Å²) in [4.78, 5) is 25.5. The largest absolute Gasteiger partial charge is 0.464 e. The van der Waals surface area contributed by atoms with Crippen LogP contribution in [0.4, 0.5) is 4.79 Å². The summed E-state index contributed by atoms with van der Waals surface area (Å²) >= 11 is 5.56. The Morgan fingerprint density at radius 1 is 1.30 bits per heavy atom. The molecule has 1 rings (SSSR count). The molecule has 1 aliphatic heterocycles. The van der Waals surface area contributed by atoms with E-state index in [1.165, 1.54) is 4.90 Å². The molecule has 1 amide bonds. The lowest BCUT2D eigenvalue weighted by Gasteiger charge is -2.27. The average Bonchev–Trinajstić information content (AvgIpc) is 2.81. The van der Waals surface area contributed by atoms with Crippen LogP contribution in [0.2, 0.25) is 0 Å². The first-order valence-corrected chi connectivity index (χ1v) is 7.61. The van der Waals surface area contributed by atoms with Gasteiger partial charge in [-0.2, -0.15) is 0 Å². The van der Waals surface area contributed by atoms with Crippen molar-refractivity contribution in [3.05, 3.63) is 0 Å². The number of esters is 1. The van der Waals surface area contributed by atoms with Crippen molar-refractivity contribution < 1.29 is 19.1 Å². The summed E-state index contributed by atoms with van der Waals surface area (Å²) < 4.78 is 10.5. The molecule has 1 heterocycles. The molecule has 0 aromatic heterocycles. The second-order valence-corrected chi connectivity index (χ2v) is 6.27. The minimum absolute atomic E-state index is 0.345. The fraction of sp³-hybridized carbons (Fsp3) is 0.857. The molecule has 0 radical (unpaired) electrons. The van der Waals surface area contributed by atoms with Crippen molar-refractivity contribution in [1.29, 1.82) is 0 Å². The quantitative estimate of drug-likeness (QED) is 0.445. The zero-order chi connectivity index (χ0) is 15.2. The zero-order valence-corrected chi connectivity index (χ0v) is 13.2. The van der Waals surface area contributed by atoms with Gasteiger partial charge in [-0.15, -0.1) is 11.6 Å². The first-order chi connectivity index (χ1) is 9.35. The Kier molecular flexibility index (Phi) is 6.59. The number of halogens is 1. The van der Waals surface area contributed by atoms with Crippen LogP contribution in [0, 0.1) is 0 Å². The van der Waals surface area contributed by atoms with Crippen molar-refractivity contribution in [1.82, 2.24) is 4.90 Å². The molecule has 1 saturated heterocycles. The predicted octanol–water partition coefficient (Wildman–Crippen LogP) is 2.95. The third-order valence-electron chi connectivity index (χ3n) is 2.93. The SMILES string of the molecule is CC(C)(C)OC(=O)N1CCC[C@H]1C(=O)OCCCCCl. The van der Waals surface area contributed by atoms with E-state index in [0.29, 0.717) is 25.5 Å². The maximum Gasteiger partial charge on any atom is 0.411 e. The Morgan fingerprint density at radius 3 is 2.60 bits per heavy atom. The van der Waals surface area contributed by atoms with Crippen LogP contribution in [0.25, 0.3) is 0 Å². The highest BCUT2D eigenvalue weighted by Crippen LogP contribution is 2.21. The van der Waals surface area contributed by atoms with Gasteiger partial charge in [0.15, 0.2) is 0 Å². The lowest BCUT2D eigenvalue weighted by molar-refractivity contribution is -0.148. The highest BCUT2D eigenvalue weighted by molar-refractivity contribution is 6.17. The Labute approximate surface area is 125 Å². The Hall–Kier alpha value is -0.970. The first kappa shape index (κ1) is 17.1. The van der Waals surface area contributed by atoms with Gasteiger partial charge >= 0.3 is 12.1 Å². The van der Waals surface area contributed by atoms with Gasteiger partial charge in [0.1, 0.15) is 11.6 Å². The topological polar surface area (TPSA) is 55.8 Å². The predicted molar refractivity (Wildman–Crippen MR) is 76.9 cm³/mol. The van der Waals surface area contributed by atoms with E-state index in [1.54, 1.807) is 20.8 Å². The van der Waals surface area contributed by atoms with Crippen LogP contribution >= 0.6 is 11.6 Å². The van der Waals surface area contributed by atoms with E-state index in [9.17, 15) is 9.59 Å². The molecule has 0 unspecified atom stereocenters. The Bertz CT molecular complexity index is 341. The highest BCUT2D eigenvalue weighted by Gasteiger charge is 2.37. The minimum atomic E-state index is -0.561. The van der Waals surface area contributed by atoms with Gasteiger partial charge < -0.3 is 9.47 Å². The second kappa shape index (κ2) is 7.72. The summed E-state index contributed by atoms with van der Waals surface area (Å²) in [5.74, 6) is 0.216. The number of rotatable bonds is 5. The van der Waals surface area contributed by atoms with E-state index in [4.69, 9.17) is 21.1 Å². The minimum Gasteiger partial charge on any atom is -0.464 e. The molecule has 1 atom stereocenters. The smallest absolute Gasteiger partial charge is 0.411 e. The fourth-order valence-corrected chi connectivity index (χ4v) is 2.21. The lowest BCUT2D eigenvalue weighted by atomic mass is 10.2. The number of carbonyl (C=O) groups is 2. The number of nitrogens with zero attached hydrogens (tertiary/aromatic N) is 1. The molecule has 6 heteroatoms. The normalized spacial score (nSPS) is 19.0. The summed E-state index contributed by atoms with van der Waals surface area (Å²) in [6.07, 6.45) is 2.54. The number of alkyl halides is 1. The number of amides is 1. The lowest BCUT2D eigenvalue weighted by Crippen LogP contribution is -2.44. The maximum atomic E-state index is 12.0. The summed E-state index contributed by atoms with van der Waals surface area (Å²) in [5.41, 5.74) is -0.561. The van der Waals surface area contributed by atoms with E-state index in [2.05, 4.69) is 0 Å². The van der Waals surface area contributed by atoms with Gasteiger partial charge in [0.05, 0.1) is 6.61 Å². The van der Waals surface area contributed by atoms with Crippen LogP contribution in [0.1, 0.15) is 46.5 Å². The molecular weight excluding hydrogens is 282 g/mol. The highest BCUT2D eigenvalue weighted by atomic mass is 35.5. The second-order valence-electron chi connectivity index (χ2n) is 5.90. The van der Waals surface area contributed by atoms with E-state index in [1.807, 2.05) is 0 Å². The van der Waals surface area contributed by atoms with Crippen molar-refractivity contribution in [3.63, 3.8) is 0 Å². The summed E-state index contributed by atoms with van der Waals surface area (Å²) in [6, 6.07) is -0.513. The molecule has 5 nitrogen and oxygen atoms in total. The van der Waals surface area contributed by atoms with Gasteiger partial charge in [0.25, 0.3) is 0 Å². The van der Waals surface area contributed by atoms with Gasteiger partial charge in [-0.25, -0.2) is 9.59 Å². The van der Waals surface area contributed by atoms with Crippen molar-refractivity contribution in [3.8, 4) is 0 Å². The van der Waals surface area contributed by atoms with Crippen LogP contribution in [0.5, 0.6) is 0 Å². The van der Waals surface area contributed by atoms with Gasteiger partial charge in [0, 0.05) is 12.4 Å². The standard InChI is InChI=1S/C14H24ClNO4/c1-14(2,3)20-13(18)16-9-6-7-11(16)12(17)19-10-5-4-8-15/h11H,4-10H2,1-3H3/t11-/m0/s1. The first-order valence-electron chi connectivity index (χ1n) is 7.07. The number of likely N-dealkylation sites (tertiary alicyclic amines) is 1. The number of unbranched alkanes of at least 4 members (excludes halogenated alkanes) is 1. The van der Waals surface area contributed by atoms with Gasteiger partial charge in [-0.1, -0.05) is 0 Å². The molecule has 0 aliphatic carbocycles. The molecule has 1 aliphatic rings. The van der Waals surface area contributed by atoms with Gasteiger partial charge in [0.2, 0.25) is 0 Å². The van der Waals surface area contributed by atoms with Crippen molar-refractivity contribution in [2.75, 3.05) is 19.0 Å². The Balaban J connectivity index is 2.47. The molecule has 20 heavy (non-hydrogen) atoms. The molecular formula is C14H24ClNO4. The molecule has 0 spiro atoms. The van der Waals surface area contributed by atoms with Crippen LogP contribution in [-0.4, -0.2) is 47.6 Å². The monoisotopic (exact) mass is 305 g/mol. The fourth-order valence-electron chi connectivity index (χ4n) is 2.02. The molecule has 0 N–H and O–H groups in total. The van der Waals surface area contributed by atoms with Crippen molar-refractivity contribution >= 4 is 23.7 Å². The summed E-state index contributed by atoms with van der Waals surface area (Å²) in [5, 5.41) is 0. The van der Waals surface area contributed by atoms with Crippen molar-refractivity contribution in [2.45, 2.75) is 58.1 Å². The third kappa shape index (κ3) is 5.57. The number of carbonyl (C=O) groups excluding carboxylic acids is 2. The molecule has 0 aromatic carbocycles. The van der Waals surface area contributed by atoms with E-state index in [0.717, 1.165) is 19.3 Å². The molecule has 0 aromatic rings. The third-order valence-corrected chi connectivity index (χ3v) is 3.19. The average molecular weight is 306 g/mol. The number of ether oxygens (including phenoxy) is 2. The molecule has 0 bridgehead atoms. The van der Waals surface area contributed by atoms with Crippen LogP contribution in [-0.2, 0) is 14.3 Å². The van der Waals surface area contributed by atoms with Crippen molar-refractivity contribution in [2.24, 2.45) is 0 Å². The number of hydrogen-bond acceptors (Lipinski definition) is 4. The molecule has 116 valence electrons. The summed E-state index contributed by atoms with van der Waals surface area (Å²) in [7, 11) is 0. The zero-order valence-electron chi connectivity index (χ0n) is 12.5. The van der Waals surface area contributed by atoms with Gasteiger partial charge in [-0.3, -0.25) is 4.90 Å². The van der Waals surface area contributed by atoms with Gasteiger partial charge in [-0.05, 0) is 46.5 Å². The molecule has 0 saturated carbocycles. The van der Waals surface area contributed by atoms with E-state index >= 15 is 0 Å². The van der Waals surface area contributed by atoms with E-state index in [-0.39, 0.29) is 5.97 Å². The molecule has 1 fully saturated rings. The maximum absolute atomic E-state index is 12.0. The number of hydrogen-bond donors (Lipinski definition) is 0. The van der Waals surface area contributed by atoms with Crippen LogP contribution in [0.3, 0.4) is 0 Å².